The number of carbonyl (C=O) groups excluding carboxylic acids is 1. The first-order chi connectivity index (χ1) is 22.3. The number of aromatic nitrogens is 1. The summed E-state index contributed by atoms with van der Waals surface area (Å²) in [7, 11) is 0. The molecular formula is C34H25N3O8S. The second kappa shape index (κ2) is 11.6. The van der Waals surface area contributed by atoms with Crippen LogP contribution < -0.4 is 24.4 Å². The third-order valence-electron chi connectivity index (χ3n) is 7.68. The molecule has 7 rings (SSSR count). The molecule has 0 bridgehead atoms. The van der Waals surface area contributed by atoms with E-state index in [-0.39, 0.29) is 30.2 Å². The average Bonchev–Trinajstić information content (AvgIpc) is 3.80. The predicted octanol–water partition coefficient (Wildman–Crippen LogP) is 5.14. The highest BCUT2D eigenvalue weighted by molar-refractivity contribution is 7.07. The fraction of sp³-hybridized carbons (Fsp3) is 0.147. The molecule has 5 aromatic rings. The second-order valence-corrected chi connectivity index (χ2v) is 11.5. The van der Waals surface area contributed by atoms with Crippen LogP contribution in [0, 0.1) is 17.0 Å². The van der Waals surface area contributed by atoms with Crippen LogP contribution in [0.4, 0.5) is 5.69 Å². The fourth-order valence-corrected chi connectivity index (χ4v) is 6.51. The van der Waals surface area contributed by atoms with Crippen LogP contribution in [0.5, 0.6) is 11.5 Å². The number of nitro benzene ring substituents is 1. The van der Waals surface area contributed by atoms with Crippen LogP contribution in [0.3, 0.4) is 0 Å². The van der Waals surface area contributed by atoms with E-state index in [4.69, 9.17) is 23.6 Å². The summed E-state index contributed by atoms with van der Waals surface area (Å²) in [4.78, 5) is 44.0. The summed E-state index contributed by atoms with van der Waals surface area (Å²) in [5, 5.41) is 11.4. The summed E-state index contributed by atoms with van der Waals surface area (Å²) in [6.07, 6.45) is 1.60. The minimum Gasteiger partial charge on any atom is -0.463 e. The summed E-state index contributed by atoms with van der Waals surface area (Å²) in [5.74, 6) is 1.27. The van der Waals surface area contributed by atoms with Crippen molar-refractivity contribution < 1.29 is 28.3 Å². The third-order valence-corrected chi connectivity index (χ3v) is 8.67. The summed E-state index contributed by atoms with van der Waals surface area (Å²) >= 11 is 1.16. The minimum absolute atomic E-state index is 0.0537. The number of hydrogen-bond donors (Lipinski definition) is 0. The molecule has 230 valence electrons. The quantitative estimate of drug-likeness (QED) is 0.136. The Hall–Kier alpha value is -5.75. The zero-order valence-corrected chi connectivity index (χ0v) is 25.4. The number of fused-ring (bicyclic) bond motifs is 2. The maximum atomic E-state index is 14.2. The molecule has 0 aliphatic carbocycles. The normalized spacial score (nSPS) is 15.4. The molecule has 0 radical (unpaired) electrons. The standard InChI is InChI=1S/C34H25N3O8S/c1-3-42-33(39)29-30(20-7-5-4-6-8-20)35-34-36(31(29)21-10-13-26-27(15-21)44-18-43-26)32(38)28(46-34)17-23-12-14-25(45-23)24-16-22(37(40)41)11-9-19(24)2/h4-17,31H,3,18H2,1-2H3/b28-17-. The van der Waals surface area contributed by atoms with E-state index in [0.717, 1.165) is 16.9 Å². The van der Waals surface area contributed by atoms with Gasteiger partial charge in [0.2, 0.25) is 6.79 Å². The maximum Gasteiger partial charge on any atom is 0.338 e. The van der Waals surface area contributed by atoms with Crippen LogP contribution in [-0.2, 0) is 9.53 Å². The van der Waals surface area contributed by atoms with Crippen molar-refractivity contribution in [3.05, 3.63) is 137 Å². The van der Waals surface area contributed by atoms with E-state index in [1.807, 2.05) is 37.3 Å². The molecule has 0 amide bonds. The van der Waals surface area contributed by atoms with Crippen molar-refractivity contribution in [2.45, 2.75) is 19.9 Å². The molecule has 11 nitrogen and oxygen atoms in total. The number of benzene rings is 3. The molecule has 0 N–H and O–H groups in total. The van der Waals surface area contributed by atoms with Gasteiger partial charge < -0.3 is 18.6 Å². The monoisotopic (exact) mass is 635 g/mol. The fourth-order valence-electron chi connectivity index (χ4n) is 5.53. The van der Waals surface area contributed by atoms with Crippen LogP contribution in [0.2, 0.25) is 0 Å². The van der Waals surface area contributed by atoms with E-state index in [1.54, 1.807) is 49.4 Å². The number of nitro groups is 1. The molecule has 2 aromatic heterocycles. The van der Waals surface area contributed by atoms with Crippen LogP contribution in [-0.4, -0.2) is 28.9 Å². The van der Waals surface area contributed by atoms with Gasteiger partial charge in [0, 0.05) is 29.3 Å². The molecule has 0 spiro atoms. The van der Waals surface area contributed by atoms with Gasteiger partial charge in [-0.15, -0.1) is 0 Å². The number of furan rings is 1. The first kappa shape index (κ1) is 29.0. The summed E-state index contributed by atoms with van der Waals surface area (Å²) in [6, 6.07) is 21.6. The number of non-ortho nitro benzene ring substituents is 1. The van der Waals surface area contributed by atoms with Crippen molar-refractivity contribution in [3.8, 4) is 22.8 Å². The zero-order valence-electron chi connectivity index (χ0n) is 24.6. The van der Waals surface area contributed by atoms with Crippen LogP contribution in [0.25, 0.3) is 23.1 Å². The SMILES string of the molecule is CCOC(=O)C1=C(c2ccccc2)N=c2s/c(=C\c3ccc(-c4cc([N+](=O)[O-])ccc4C)o3)c(=O)n2C1c1ccc2c(c1)OCO2. The highest BCUT2D eigenvalue weighted by Gasteiger charge is 2.36. The molecule has 0 fully saturated rings. The lowest BCUT2D eigenvalue weighted by atomic mass is 9.93. The van der Waals surface area contributed by atoms with E-state index in [0.29, 0.717) is 54.7 Å². The van der Waals surface area contributed by atoms with Crippen molar-refractivity contribution in [2.75, 3.05) is 13.4 Å². The number of hydrogen-bond acceptors (Lipinski definition) is 10. The number of nitrogens with zero attached hydrogens (tertiary/aromatic N) is 3. The molecule has 0 saturated heterocycles. The van der Waals surface area contributed by atoms with Gasteiger partial charge in [0.25, 0.3) is 11.2 Å². The summed E-state index contributed by atoms with van der Waals surface area (Å²) < 4.78 is 24.5. The van der Waals surface area contributed by atoms with Gasteiger partial charge in [-0.3, -0.25) is 19.5 Å². The Kier molecular flexibility index (Phi) is 7.33. The largest absolute Gasteiger partial charge is 0.463 e. The molecule has 2 aliphatic heterocycles. The van der Waals surface area contributed by atoms with Gasteiger partial charge >= 0.3 is 5.97 Å². The van der Waals surface area contributed by atoms with E-state index in [9.17, 15) is 19.7 Å². The van der Waals surface area contributed by atoms with Crippen molar-refractivity contribution in [1.29, 1.82) is 0 Å². The number of ether oxygens (including phenoxy) is 3. The first-order valence-corrected chi connectivity index (χ1v) is 15.2. The van der Waals surface area contributed by atoms with E-state index >= 15 is 0 Å². The number of rotatable bonds is 7. The molecule has 46 heavy (non-hydrogen) atoms. The highest BCUT2D eigenvalue weighted by Crippen LogP contribution is 2.40. The van der Waals surface area contributed by atoms with Crippen molar-refractivity contribution in [2.24, 2.45) is 4.99 Å². The van der Waals surface area contributed by atoms with Gasteiger partial charge in [0.15, 0.2) is 16.3 Å². The molecule has 3 aromatic carbocycles. The van der Waals surface area contributed by atoms with Gasteiger partial charge in [-0.1, -0.05) is 53.8 Å². The lowest BCUT2D eigenvalue weighted by Gasteiger charge is -2.26. The second-order valence-electron chi connectivity index (χ2n) is 10.5. The Morgan fingerprint density at radius 2 is 1.89 bits per heavy atom. The van der Waals surface area contributed by atoms with E-state index < -0.39 is 16.9 Å². The van der Waals surface area contributed by atoms with Gasteiger partial charge in [0.1, 0.15) is 11.5 Å². The molecule has 2 aliphatic rings. The third kappa shape index (κ3) is 5.08. The molecule has 1 atom stereocenters. The summed E-state index contributed by atoms with van der Waals surface area (Å²) in [5.41, 5.74) is 2.86. The Balaban J connectivity index is 1.41. The maximum absolute atomic E-state index is 14.2. The van der Waals surface area contributed by atoms with Gasteiger partial charge in [-0.05, 0) is 49.2 Å². The van der Waals surface area contributed by atoms with Crippen molar-refractivity contribution >= 4 is 34.8 Å². The Bertz CT molecular complexity index is 2250. The topological polar surface area (TPSA) is 135 Å². The highest BCUT2D eigenvalue weighted by atomic mass is 32.1. The van der Waals surface area contributed by atoms with E-state index in [1.165, 1.54) is 16.7 Å². The molecular weight excluding hydrogens is 610 g/mol. The number of thiazole rings is 1. The van der Waals surface area contributed by atoms with Crippen LogP contribution in [0.15, 0.2) is 98.6 Å². The number of aryl methyl sites for hydroxylation is 1. The Morgan fingerprint density at radius 3 is 2.67 bits per heavy atom. The van der Waals surface area contributed by atoms with Crippen molar-refractivity contribution in [1.82, 2.24) is 4.57 Å². The number of esters is 1. The van der Waals surface area contributed by atoms with Crippen LogP contribution in [0.1, 0.15) is 35.4 Å². The van der Waals surface area contributed by atoms with Gasteiger partial charge in [0.05, 0.1) is 33.4 Å². The Morgan fingerprint density at radius 1 is 1.09 bits per heavy atom. The van der Waals surface area contributed by atoms with E-state index in [2.05, 4.69) is 0 Å². The smallest absolute Gasteiger partial charge is 0.338 e. The lowest BCUT2D eigenvalue weighted by Crippen LogP contribution is -2.40. The Labute approximate surface area is 265 Å². The number of carbonyl (C=O) groups is 1. The molecule has 0 saturated carbocycles. The van der Waals surface area contributed by atoms with Gasteiger partial charge in [-0.2, -0.15) is 0 Å². The predicted molar refractivity (Wildman–Crippen MR) is 169 cm³/mol. The average molecular weight is 636 g/mol. The zero-order chi connectivity index (χ0) is 31.9. The molecule has 12 heteroatoms. The van der Waals surface area contributed by atoms with Crippen molar-refractivity contribution in [3.63, 3.8) is 0 Å². The summed E-state index contributed by atoms with van der Waals surface area (Å²) in [6.45, 7) is 3.76. The lowest BCUT2D eigenvalue weighted by molar-refractivity contribution is -0.384. The molecule has 4 heterocycles. The minimum atomic E-state index is -0.887. The molecule has 1 unspecified atom stereocenters. The van der Waals surface area contributed by atoms with Crippen LogP contribution >= 0.6 is 11.3 Å². The van der Waals surface area contributed by atoms with Gasteiger partial charge in [-0.25, -0.2) is 9.79 Å². The first-order valence-electron chi connectivity index (χ1n) is 14.4.